The number of nitrogens with zero attached hydrogens (tertiary/aromatic N) is 1. The van der Waals surface area contributed by atoms with Crippen molar-refractivity contribution in [3.63, 3.8) is 0 Å². The normalized spacial score (nSPS) is 23.4. The highest BCUT2D eigenvalue weighted by Gasteiger charge is 2.39. The number of hydrogen-bond acceptors (Lipinski definition) is 5. The first-order valence-corrected chi connectivity index (χ1v) is 7.00. The molecule has 17 heavy (non-hydrogen) atoms. The lowest BCUT2D eigenvalue weighted by Gasteiger charge is -2.09. The summed E-state index contributed by atoms with van der Waals surface area (Å²) in [5.74, 6) is 5.71. The highest BCUT2D eigenvalue weighted by molar-refractivity contribution is 7.89. The molecular formula is C10H16N4O2S. The molecular weight excluding hydrogens is 240 g/mol. The molecule has 0 aromatic carbocycles. The summed E-state index contributed by atoms with van der Waals surface area (Å²) >= 11 is 0. The fraction of sp³-hybridized carbons (Fsp3) is 0.500. The number of anilines is 1. The number of hydrogen-bond donors (Lipinski definition) is 3. The fourth-order valence-electron chi connectivity index (χ4n) is 1.81. The van der Waals surface area contributed by atoms with Gasteiger partial charge in [0.2, 0.25) is 0 Å². The molecule has 1 fully saturated rings. The SMILES string of the molecule is CCC1CC1NS(=O)(=O)c1ncccc1NN. The molecule has 1 aliphatic carbocycles. The van der Waals surface area contributed by atoms with E-state index in [4.69, 9.17) is 5.84 Å². The summed E-state index contributed by atoms with van der Waals surface area (Å²) in [7, 11) is -3.59. The van der Waals surface area contributed by atoms with Crippen LogP contribution in [0.3, 0.4) is 0 Å². The Balaban J connectivity index is 2.20. The Morgan fingerprint density at radius 1 is 1.59 bits per heavy atom. The molecule has 1 heterocycles. The van der Waals surface area contributed by atoms with E-state index < -0.39 is 10.0 Å². The number of pyridine rings is 1. The third-order valence-corrected chi connectivity index (χ3v) is 4.38. The Morgan fingerprint density at radius 2 is 2.35 bits per heavy atom. The molecule has 1 saturated carbocycles. The van der Waals surface area contributed by atoms with E-state index in [1.807, 2.05) is 6.92 Å². The van der Waals surface area contributed by atoms with Crippen molar-refractivity contribution in [2.45, 2.75) is 30.8 Å². The van der Waals surface area contributed by atoms with Gasteiger partial charge in [0.1, 0.15) is 0 Å². The van der Waals surface area contributed by atoms with Crippen LogP contribution in [0, 0.1) is 5.92 Å². The second kappa shape index (κ2) is 4.59. The Hall–Kier alpha value is -1.18. The van der Waals surface area contributed by atoms with Gasteiger partial charge in [-0.3, -0.25) is 5.84 Å². The first kappa shape index (κ1) is 12.3. The molecule has 1 aliphatic rings. The van der Waals surface area contributed by atoms with E-state index in [1.165, 1.54) is 6.20 Å². The zero-order valence-electron chi connectivity index (χ0n) is 9.55. The highest BCUT2D eigenvalue weighted by Crippen LogP contribution is 2.34. The third kappa shape index (κ3) is 2.56. The van der Waals surface area contributed by atoms with E-state index in [0.717, 1.165) is 12.8 Å². The quantitative estimate of drug-likeness (QED) is 0.525. The average Bonchev–Trinajstić information content (AvgIpc) is 3.06. The molecule has 2 atom stereocenters. The minimum atomic E-state index is -3.59. The monoisotopic (exact) mass is 256 g/mol. The van der Waals surface area contributed by atoms with Crippen molar-refractivity contribution in [2.24, 2.45) is 11.8 Å². The van der Waals surface area contributed by atoms with Crippen molar-refractivity contribution in [1.82, 2.24) is 9.71 Å². The van der Waals surface area contributed by atoms with Gasteiger partial charge in [0.25, 0.3) is 10.0 Å². The topological polar surface area (TPSA) is 97.1 Å². The van der Waals surface area contributed by atoms with Crippen LogP contribution >= 0.6 is 0 Å². The molecule has 2 unspecified atom stereocenters. The minimum absolute atomic E-state index is 0.0395. The standard InChI is InChI=1S/C10H16N4O2S/c1-2-7-6-9(7)14-17(15,16)10-8(13-11)4-3-5-12-10/h3-5,7,9,13-14H,2,6,11H2,1H3. The van der Waals surface area contributed by atoms with Crippen LogP contribution < -0.4 is 16.0 Å². The lowest BCUT2D eigenvalue weighted by molar-refractivity contribution is 0.572. The van der Waals surface area contributed by atoms with Gasteiger partial charge in [0.15, 0.2) is 5.03 Å². The van der Waals surface area contributed by atoms with Gasteiger partial charge in [-0.25, -0.2) is 18.1 Å². The molecule has 0 bridgehead atoms. The summed E-state index contributed by atoms with van der Waals surface area (Å²) in [5, 5.41) is -0.0516. The Labute approximate surface area is 101 Å². The molecule has 0 amide bonds. The molecule has 2 rings (SSSR count). The van der Waals surface area contributed by atoms with E-state index in [1.54, 1.807) is 12.1 Å². The van der Waals surface area contributed by atoms with E-state index in [9.17, 15) is 8.42 Å². The van der Waals surface area contributed by atoms with Crippen molar-refractivity contribution in [3.8, 4) is 0 Å². The molecule has 0 saturated heterocycles. The van der Waals surface area contributed by atoms with Crippen molar-refractivity contribution in [2.75, 3.05) is 5.43 Å². The lowest BCUT2D eigenvalue weighted by atomic mass is 10.3. The van der Waals surface area contributed by atoms with Gasteiger partial charge in [0, 0.05) is 12.2 Å². The van der Waals surface area contributed by atoms with Crippen molar-refractivity contribution in [1.29, 1.82) is 0 Å². The van der Waals surface area contributed by atoms with E-state index in [0.29, 0.717) is 11.6 Å². The van der Waals surface area contributed by atoms with Crippen LogP contribution in [0.15, 0.2) is 23.4 Å². The number of rotatable bonds is 5. The predicted octanol–water partition coefficient (Wildman–Crippen LogP) is 0.444. The van der Waals surface area contributed by atoms with E-state index in [2.05, 4.69) is 15.1 Å². The third-order valence-electron chi connectivity index (χ3n) is 2.93. The van der Waals surface area contributed by atoms with Crippen LogP contribution in [-0.2, 0) is 10.0 Å². The van der Waals surface area contributed by atoms with Gasteiger partial charge in [-0.15, -0.1) is 0 Å². The maximum atomic E-state index is 12.1. The number of sulfonamides is 1. The lowest BCUT2D eigenvalue weighted by Crippen LogP contribution is -2.29. The van der Waals surface area contributed by atoms with Crippen LogP contribution in [-0.4, -0.2) is 19.4 Å². The Morgan fingerprint density at radius 3 is 2.94 bits per heavy atom. The second-order valence-corrected chi connectivity index (χ2v) is 5.76. The van der Waals surface area contributed by atoms with Crippen LogP contribution in [0.5, 0.6) is 0 Å². The van der Waals surface area contributed by atoms with Crippen LogP contribution in [0.1, 0.15) is 19.8 Å². The number of nitrogen functional groups attached to an aromatic ring is 1. The zero-order valence-corrected chi connectivity index (χ0v) is 10.4. The number of nitrogens with two attached hydrogens (primary N) is 1. The first-order valence-electron chi connectivity index (χ1n) is 5.52. The summed E-state index contributed by atoms with van der Waals surface area (Å²) in [4.78, 5) is 3.86. The molecule has 7 heteroatoms. The van der Waals surface area contributed by atoms with Gasteiger partial charge >= 0.3 is 0 Å². The maximum Gasteiger partial charge on any atom is 0.260 e. The fourth-order valence-corrected chi connectivity index (χ4v) is 3.23. The number of aromatic nitrogens is 1. The van der Waals surface area contributed by atoms with Gasteiger partial charge in [0.05, 0.1) is 5.69 Å². The van der Waals surface area contributed by atoms with Crippen LogP contribution in [0.25, 0.3) is 0 Å². The summed E-state index contributed by atoms with van der Waals surface area (Å²) in [6.07, 6.45) is 3.31. The molecule has 1 aromatic heterocycles. The first-order chi connectivity index (χ1) is 8.08. The van der Waals surface area contributed by atoms with Crippen LogP contribution in [0.2, 0.25) is 0 Å². The number of nitrogens with one attached hydrogen (secondary N) is 2. The van der Waals surface area contributed by atoms with Gasteiger partial charge in [-0.1, -0.05) is 13.3 Å². The van der Waals surface area contributed by atoms with Gasteiger partial charge < -0.3 is 5.43 Å². The van der Waals surface area contributed by atoms with Gasteiger partial charge in [-0.05, 0) is 24.5 Å². The molecule has 94 valence electrons. The smallest absolute Gasteiger partial charge is 0.260 e. The zero-order chi connectivity index (χ0) is 12.5. The second-order valence-electron chi connectivity index (χ2n) is 4.13. The van der Waals surface area contributed by atoms with E-state index in [-0.39, 0.29) is 11.1 Å². The predicted molar refractivity (Wildman–Crippen MR) is 64.6 cm³/mol. The Bertz CT molecular complexity index is 503. The molecule has 0 aliphatic heterocycles. The van der Waals surface area contributed by atoms with Crippen molar-refractivity contribution >= 4 is 15.7 Å². The largest absolute Gasteiger partial charge is 0.321 e. The molecule has 6 nitrogen and oxygen atoms in total. The van der Waals surface area contributed by atoms with Crippen molar-refractivity contribution < 1.29 is 8.42 Å². The summed E-state index contributed by atoms with van der Waals surface area (Å²) in [6.45, 7) is 2.05. The van der Waals surface area contributed by atoms with Crippen molar-refractivity contribution in [3.05, 3.63) is 18.3 Å². The summed E-state index contributed by atoms with van der Waals surface area (Å²) < 4.78 is 26.7. The summed E-state index contributed by atoms with van der Waals surface area (Å²) in [6, 6.07) is 3.24. The highest BCUT2D eigenvalue weighted by atomic mass is 32.2. The molecule has 4 N–H and O–H groups in total. The minimum Gasteiger partial charge on any atom is -0.321 e. The Kier molecular flexibility index (Phi) is 3.32. The molecule has 1 aromatic rings. The molecule has 0 spiro atoms. The number of hydrazine groups is 1. The summed E-state index contributed by atoms with van der Waals surface area (Å²) in [5.41, 5.74) is 2.64. The average molecular weight is 256 g/mol. The van der Waals surface area contributed by atoms with E-state index >= 15 is 0 Å². The van der Waals surface area contributed by atoms with Crippen LogP contribution in [0.4, 0.5) is 5.69 Å². The maximum absolute atomic E-state index is 12.1. The molecule has 0 radical (unpaired) electrons. The van der Waals surface area contributed by atoms with Gasteiger partial charge in [-0.2, -0.15) is 0 Å².